The van der Waals surface area contributed by atoms with Gasteiger partial charge in [-0.2, -0.15) is 0 Å². The molecule has 2 nitrogen and oxygen atoms in total. The van der Waals surface area contributed by atoms with Gasteiger partial charge in [-0.15, -0.1) is 11.6 Å². The minimum Gasteiger partial charge on any atom is -0.327 e. The van der Waals surface area contributed by atoms with E-state index in [1.807, 2.05) is 28.8 Å². The summed E-state index contributed by atoms with van der Waals surface area (Å²) in [5.41, 5.74) is 2.44. The second kappa shape index (κ2) is 5.63. The first-order chi connectivity index (χ1) is 9.79. The van der Waals surface area contributed by atoms with Crippen molar-refractivity contribution in [3.05, 3.63) is 65.7 Å². The van der Waals surface area contributed by atoms with Crippen molar-refractivity contribution in [3.8, 4) is 0 Å². The Morgan fingerprint density at radius 1 is 1.05 bits per heavy atom. The molecule has 0 saturated carbocycles. The molecule has 4 heteroatoms. The average molecular weight is 289 g/mol. The Bertz CT molecular complexity index is 722. The van der Waals surface area contributed by atoms with Gasteiger partial charge in [0.1, 0.15) is 11.3 Å². The Morgan fingerprint density at radius 3 is 2.60 bits per heavy atom. The molecule has 0 radical (unpaired) electrons. The summed E-state index contributed by atoms with van der Waals surface area (Å²) < 4.78 is 15.8. The molecule has 2 aromatic carbocycles. The fourth-order valence-electron chi connectivity index (χ4n) is 2.40. The van der Waals surface area contributed by atoms with E-state index < -0.39 is 0 Å². The fourth-order valence-corrected chi connectivity index (χ4v) is 2.60. The molecule has 3 rings (SSSR count). The average Bonchev–Trinajstić information content (AvgIpc) is 2.85. The standard InChI is InChI=1S/C16H14ClFN2/c17-11-15-19-16-13(18)7-4-8-14(16)20(15)10-9-12-5-2-1-3-6-12/h1-8H,9-11H2. The summed E-state index contributed by atoms with van der Waals surface area (Å²) in [7, 11) is 0. The Morgan fingerprint density at radius 2 is 1.85 bits per heavy atom. The predicted octanol–water partition coefficient (Wildman–Crippen LogP) is 4.16. The number of nitrogens with zero attached hydrogens (tertiary/aromatic N) is 2. The van der Waals surface area contributed by atoms with Gasteiger partial charge in [-0.25, -0.2) is 9.37 Å². The summed E-state index contributed by atoms with van der Waals surface area (Å²) in [6, 6.07) is 15.2. The quantitative estimate of drug-likeness (QED) is 0.659. The van der Waals surface area contributed by atoms with Gasteiger partial charge in [-0.3, -0.25) is 0 Å². The zero-order chi connectivity index (χ0) is 13.9. The van der Waals surface area contributed by atoms with E-state index in [0.29, 0.717) is 11.3 Å². The largest absolute Gasteiger partial charge is 0.327 e. The molecule has 3 aromatic rings. The lowest BCUT2D eigenvalue weighted by Gasteiger charge is -2.07. The molecular weight excluding hydrogens is 275 g/mol. The number of hydrogen-bond acceptors (Lipinski definition) is 1. The van der Waals surface area contributed by atoms with Crippen molar-refractivity contribution in [1.82, 2.24) is 9.55 Å². The fraction of sp³-hybridized carbons (Fsp3) is 0.188. The molecule has 20 heavy (non-hydrogen) atoms. The topological polar surface area (TPSA) is 17.8 Å². The monoisotopic (exact) mass is 288 g/mol. The molecule has 0 saturated heterocycles. The number of benzene rings is 2. The van der Waals surface area contributed by atoms with Gasteiger partial charge in [0.25, 0.3) is 0 Å². The molecule has 0 aliphatic rings. The smallest absolute Gasteiger partial charge is 0.151 e. The van der Waals surface area contributed by atoms with Gasteiger partial charge in [-0.1, -0.05) is 36.4 Å². The van der Waals surface area contributed by atoms with Gasteiger partial charge in [0.05, 0.1) is 11.4 Å². The van der Waals surface area contributed by atoms with Crippen LogP contribution in [0.2, 0.25) is 0 Å². The Hall–Kier alpha value is -1.87. The summed E-state index contributed by atoms with van der Waals surface area (Å²) in [6.45, 7) is 0.742. The minimum atomic E-state index is -0.299. The molecule has 102 valence electrons. The van der Waals surface area contributed by atoms with Crippen LogP contribution in [0.5, 0.6) is 0 Å². The SMILES string of the molecule is Fc1cccc2c1nc(CCl)n2CCc1ccccc1. The zero-order valence-corrected chi connectivity index (χ0v) is 11.6. The Labute approximate surface area is 121 Å². The molecule has 0 aliphatic carbocycles. The van der Waals surface area contributed by atoms with Crippen LogP contribution >= 0.6 is 11.6 Å². The number of hydrogen-bond donors (Lipinski definition) is 0. The van der Waals surface area contributed by atoms with Gasteiger partial charge in [0, 0.05) is 6.54 Å². The van der Waals surface area contributed by atoms with Gasteiger partial charge in [0.2, 0.25) is 0 Å². The predicted molar refractivity (Wildman–Crippen MR) is 79.4 cm³/mol. The van der Waals surface area contributed by atoms with Gasteiger partial charge >= 0.3 is 0 Å². The summed E-state index contributed by atoms with van der Waals surface area (Å²) in [5, 5.41) is 0. The van der Waals surface area contributed by atoms with E-state index in [0.717, 1.165) is 18.5 Å². The molecule has 0 spiro atoms. The first-order valence-corrected chi connectivity index (χ1v) is 7.06. The maximum absolute atomic E-state index is 13.8. The summed E-state index contributed by atoms with van der Waals surface area (Å²) in [6.07, 6.45) is 0.868. The summed E-state index contributed by atoms with van der Waals surface area (Å²) in [5.74, 6) is 0.693. The van der Waals surface area contributed by atoms with Crippen LogP contribution in [0, 0.1) is 5.82 Å². The van der Waals surface area contributed by atoms with Crippen molar-refractivity contribution in [3.63, 3.8) is 0 Å². The molecule has 0 N–H and O–H groups in total. The third kappa shape index (κ3) is 2.41. The van der Waals surface area contributed by atoms with Crippen LogP contribution in [0.15, 0.2) is 48.5 Å². The van der Waals surface area contributed by atoms with Crippen LogP contribution in [0.1, 0.15) is 11.4 Å². The first-order valence-electron chi connectivity index (χ1n) is 6.53. The van der Waals surface area contributed by atoms with E-state index in [-0.39, 0.29) is 11.7 Å². The molecule has 0 unspecified atom stereocenters. The van der Waals surface area contributed by atoms with E-state index in [2.05, 4.69) is 17.1 Å². The lowest BCUT2D eigenvalue weighted by Crippen LogP contribution is -2.05. The molecule has 0 bridgehead atoms. The van der Waals surface area contributed by atoms with Crippen molar-refractivity contribution in [2.24, 2.45) is 0 Å². The lowest BCUT2D eigenvalue weighted by molar-refractivity contribution is 0.637. The minimum absolute atomic E-state index is 0.281. The molecule has 0 aliphatic heterocycles. The number of fused-ring (bicyclic) bond motifs is 1. The van der Waals surface area contributed by atoms with Crippen LogP contribution in [0.25, 0.3) is 11.0 Å². The van der Waals surface area contributed by atoms with Crippen molar-refractivity contribution >= 4 is 22.6 Å². The second-order valence-corrected chi connectivity index (χ2v) is 4.92. The maximum atomic E-state index is 13.8. The highest BCUT2D eigenvalue weighted by atomic mass is 35.5. The number of alkyl halides is 1. The summed E-state index contributed by atoms with van der Waals surface area (Å²) in [4.78, 5) is 4.30. The van der Waals surface area contributed by atoms with Crippen LogP contribution in [0.4, 0.5) is 4.39 Å². The number of imidazole rings is 1. The maximum Gasteiger partial charge on any atom is 0.151 e. The second-order valence-electron chi connectivity index (χ2n) is 4.66. The van der Waals surface area contributed by atoms with E-state index in [1.54, 1.807) is 6.07 Å². The highest BCUT2D eigenvalue weighted by Gasteiger charge is 2.12. The number of aromatic nitrogens is 2. The van der Waals surface area contributed by atoms with Crippen LogP contribution in [-0.2, 0) is 18.8 Å². The Kier molecular flexibility index (Phi) is 3.70. The number of para-hydroxylation sites is 1. The van der Waals surface area contributed by atoms with Crippen LogP contribution in [-0.4, -0.2) is 9.55 Å². The molecule has 1 aromatic heterocycles. The molecule has 0 atom stereocenters. The van der Waals surface area contributed by atoms with E-state index in [1.165, 1.54) is 11.6 Å². The highest BCUT2D eigenvalue weighted by Crippen LogP contribution is 2.20. The number of rotatable bonds is 4. The lowest BCUT2D eigenvalue weighted by atomic mass is 10.1. The van der Waals surface area contributed by atoms with Gasteiger partial charge in [0.15, 0.2) is 5.82 Å². The third-order valence-electron chi connectivity index (χ3n) is 3.40. The Balaban J connectivity index is 1.96. The number of aryl methyl sites for hydroxylation is 2. The molecule has 1 heterocycles. The third-order valence-corrected chi connectivity index (χ3v) is 3.63. The van der Waals surface area contributed by atoms with E-state index in [9.17, 15) is 4.39 Å². The van der Waals surface area contributed by atoms with Gasteiger partial charge < -0.3 is 4.57 Å². The normalized spacial score (nSPS) is 11.1. The summed E-state index contributed by atoms with van der Waals surface area (Å²) >= 11 is 5.93. The highest BCUT2D eigenvalue weighted by molar-refractivity contribution is 6.16. The van der Waals surface area contributed by atoms with E-state index >= 15 is 0 Å². The molecule has 0 amide bonds. The van der Waals surface area contributed by atoms with E-state index in [4.69, 9.17) is 11.6 Å². The van der Waals surface area contributed by atoms with Crippen molar-refractivity contribution < 1.29 is 4.39 Å². The van der Waals surface area contributed by atoms with Crippen molar-refractivity contribution in [1.29, 1.82) is 0 Å². The molecule has 0 fully saturated rings. The first kappa shape index (κ1) is 13.1. The zero-order valence-electron chi connectivity index (χ0n) is 10.9. The van der Waals surface area contributed by atoms with Crippen LogP contribution < -0.4 is 0 Å². The van der Waals surface area contributed by atoms with Gasteiger partial charge in [-0.05, 0) is 24.1 Å². The van der Waals surface area contributed by atoms with Crippen molar-refractivity contribution in [2.45, 2.75) is 18.8 Å². The molecular formula is C16H14ClFN2. The number of halogens is 2. The van der Waals surface area contributed by atoms with Crippen molar-refractivity contribution in [2.75, 3.05) is 0 Å². The van der Waals surface area contributed by atoms with Crippen LogP contribution in [0.3, 0.4) is 0 Å².